The summed E-state index contributed by atoms with van der Waals surface area (Å²) in [5.41, 5.74) is 8.12. The smallest absolute Gasteiger partial charge is 0.237 e. The van der Waals surface area contributed by atoms with Gasteiger partial charge in [-0.2, -0.15) is 0 Å². The van der Waals surface area contributed by atoms with Gasteiger partial charge in [0.2, 0.25) is 5.91 Å². The summed E-state index contributed by atoms with van der Waals surface area (Å²) >= 11 is 1.53. The molecule has 0 spiro atoms. The number of aromatic nitrogens is 1. The van der Waals surface area contributed by atoms with Crippen LogP contribution in [-0.2, 0) is 16.0 Å². The average molecular weight is 374 g/mol. The van der Waals surface area contributed by atoms with Crippen LogP contribution < -0.4 is 11.1 Å². The largest absolute Gasteiger partial charge is 0.348 e. The number of fused-ring (bicyclic) bond motifs is 1. The van der Waals surface area contributed by atoms with Gasteiger partial charge in [-0.25, -0.2) is 4.98 Å². The number of thiazole rings is 1. The van der Waals surface area contributed by atoms with Gasteiger partial charge in [-0.05, 0) is 37.0 Å². The Balaban J connectivity index is 1.45. The SMILES string of the molecule is Cc1ccc2nc(CC(=O)CNC(=O)[C@H](N)CC3CCCCC3)sc2c1. The van der Waals surface area contributed by atoms with E-state index in [0.717, 1.165) is 34.5 Å². The van der Waals surface area contributed by atoms with Gasteiger partial charge in [0.05, 0.1) is 29.2 Å². The van der Waals surface area contributed by atoms with Crippen LogP contribution in [0.25, 0.3) is 10.2 Å². The van der Waals surface area contributed by atoms with Gasteiger partial charge in [-0.1, -0.05) is 38.2 Å². The first-order valence-electron chi connectivity index (χ1n) is 9.42. The molecule has 1 aromatic carbocycles. The number of rotatable bonds is 7. The van der Waals surface area contributed by atoms with Crippen LogP contribution in [0.4, 0.5) is 0 Å². The highest BCUT2D eigenvalue weighted by Gasteiger charge is 2.21. The van der Waals surface area contributed by atoms with Crippen molar-refractivity contribution < 1.29 is 9.59 Å². The Kier molecular flexibility index (Phi) is 6.38. The zero-order valence-electron chi connectivity index (χ0n) is 15.3. The number of hydrogen-bond donors (Lipinski definition) is 2. The topological polar surface area (TPSA) is 85.1 Å². The van der Waals surface area contributed by atoms with Gasteiger partial charge in [0.25, 0.3) is 0 Å². The third-order valence-corrected chi connectivity index (χ3v) is 6.06. The maximum atomic E-state index is 12.2. The fourth-order valence-corrected chi connectivity index (χ4v) is 4.69. The predicted molar refractivity (Wildman–Crippen MR) is 105 cm³/mol. The van der Waals surface area contributed by atoms with E-state index in [1.165, 1.54) is 36.2 Å². The summed E-state index contributed by atoms with van der Waals surface area (Å²) in [4.78, 5) is 28.8. The maximum absolute atomic E-state index is 12.2. The van der Waals surface area contributed by atoms with Crippen molar-refractivity contribution in [3.63, 3.8) is 0 Å². The van der Waals surface area contributed by atoms with E-state index in [-0.39, 0.29) is 24.7 Å². The van der Waals surface area contributed by atoms with E-state index in [0.29, 0.717) is 5.92 Å². The molecule has 0 saturated heterocycles. The Hall–Kier alpha value is -1.79. The number of carbonyl (C=O) groups is 2. The molecule has 0 radical (unpaired) electrons. The van der Waals surface area contributed by atoms with Crippen LogP contribution >= 0.6 is 11.3 Å². The summed E-state index contributed by atoms with van der Waals surface area (Å²) in [6.07, 6.45) is 7.05. The minimum atomic E-state index is -0.517. The molecule has 1 fully saturated rings. The summed E-state index contributed by atoms with van der Waals surface area (Å²) in [6, 6.07) is 5.55. The van der Waals surface area contributed by atoms with Crippen molar-refractivity contribution >= 4 is 33.2 Å². The van der Waals surface area contributed by atoms with Crippen LogP contribution in [0.3, 0.4) is 0 Å². The molecular formula is C20H27N3O2S. The highest BCUT2D eigenvalue weighted by atomic mass is 32.1. The van der Waals surface area contributed by atoms with Crippen molar-refractivity contribution in [1.29, 1.82) is 0 Å². The van der Waals surface area contributed by atoms with E-state index >= 15 is 0 Å². The molecule has 5 nitrogen and oxygen atoms in total. The van der Waals surface area contributed by atoms with Crippen molar-refractivity contribution in [1.82, 2.24) is 10.3 Å². The molecule has 3 rings (SSSR count). The number of carbonyl (C=O) groups excluding carboxylic acids is 2. The zero-order valence-corrected chi connectivity index (χ0v) is 16.1. The normalized spacial score (nSPS) is 16.5. The number of aryl methyl sites for hydroxylation is 1. The van der Waals surface area contributed by atoms with E-state index < -0.39 is 6.04 Å². The molecule has 26 heavy (non-hydrogen) atoms. The van der Waals surface area contributed by atoms with Gasteiger partial charge in [0.1, 0.15) is 5.01 Å². The molecule has 3 N–H and O–H groups in total. The second-order valence-corrected chi connectivity index (χ2v) is 8.47. The van der Waals surface area contributed by atoms with Crippen molar-refractivity contribution in [2.45, 2.75) is 57.9 Å². The van der Waals surface area contributed by atoms with Crippen molar-refractivity contribution in [2.75, 3.05) is 6.54 Å². The number of Topliss-reactive ketones (excluding diaryl/α,β-unsaturated/α-hetero) is 1. The third-order valence-electron chi connectivity index (χ3n) is 5.05. The van der Waals surface area contributed by atoms with E-state index in [9.17, 15) is 9.59 Å². The highest BCUT2D eigenvalue weighted by molar-refractivity contribution is 7.18. The van der Waals surface area contributed by atoms with Crippen molar-refractivity contribution in [2.24, 2.45) is 11.7 Å². The lowest BCUT2D eigenvalue weighted by Gasteiger charge is -2.24. The van der Waals surface area contributed by atoms with Gasteiger partial charge in [0, 0.05) is 0 Å². The van der Waals surface area contributed by atoms with Gasteiger partial charge in [-0.3, -0.25) is 9.59 Å². The van der Waals surface area contributed by atoms with Crippen LogP contribution in [-0.4, -0.2) is 29.3 Å². The molecular weight excluding hydrogens is 346 g/mol. The molecule has 6 heteroatoms. The molecule has 1 saturated carbocycles. The van der Waals surface area contributed by atoms with Crippen molar-refractivity contribution in [3.8, 4) is 0 Å². The number of hydrogen-bond acceptors (Lipinski definition) is 5. The van der Waals surface area contributed by atoms with E-state index in [2.05, 4.69) is 16.4 Å². The summed E-state index contributed by atoms with van der Waals surface area (Å²) in [5, 5.41) is 3.49. The first-order valence-corrected chi connectivity index (χ1v) is 10.2. The Bertz CT molecular complexity index is 780. The monoisotopic (exact) mass is 373 g/mol. The standard InChI is InChI=1S/C20H27N3O2S/c1-13-7-8-17-18(9-13)26-19(23-17)11-15(24)12-22-20(25)16(21)10-14-5-3-2-4-6-14/h7-9,14,16H,2-6,10-12,21H2,1H3,(H,22,25)/t16-/m1/s1. The second kappa shape index (κ2) is 8.73. The fourth-order valence-electron chi connectivity index (χ4n) is 3.59. The molecule has 1 atom stereocenters. The molecule has 0 bridgehead atoms. The lowest BCUT2D eigenvalue weighted by molar-refractivity contribution is -0.126. The summed E-state index contributed by atoms with van der Waals surface area (Å²) in [5.74, 6) is 0.286. The lowest BCUT2D eigenvalue weighted by Crippen LogP contribution is -2.43. The molecule has 1 aromatic heterocycles. The Labute approximate surface area is 158 Å². The van der Waals surface area contributed by atoms with E-state index in [1.54, 1.807) is 0 Å². The molecule has 1 heterocycles. The maximum Gasteiger partial charge on any atom is 0.237 e. The molecule has 0 aliphatic heterocycles. The van der Waals surface area contributed by atoms with Gasteiger partial charge in [-0.15, -0.1) is 11.3 Å². The predicted octanol–water partition coefficient (Wildman–Crippen LogP) is 3.13. The molecule has 1 aliphatic rings. The Morgan fingerprint density at radius 1 is 1.31 bits per heavy atom. The molecule has 0 unspecified atom stereocenters. The van der Waals surface area contributed by atoms with Crippen LogP contribution in [0, 0.1) is 12.8 Å². The summed E-state index contributed by atoms with van der Waals surface area (Å²) in [7, 11) is 0. The minimum Gasteiger partial charge on any atom is -0.348 e. The quantitative estimate of drug-likeness (QED) is 0.781. The number of nitrogens with zero attached hydrogens (tertiary/aromatic N) is 1. The molecule has 1 aliphatic carbocycles. The van der Waals surface area contributed by atoms with Crippen LogP contribution in [0.5, 0.6) is 0 Å². The van der Waals surface area contributed by atoms with Crippen LogP contribution in [0.1, 0.15) is 49.1 Å². The van der Waals surface area contributed by atoms with Gasteiger partial charge < -0.3 is 11.1 Å². The van der Waals surface area contributed by atoms with E-state index in [1.807, 2.05) is 19.1 Å². The highest BCUT2D eigenvalue weighted by Crippen LogP contribution is 2.27. The molecule has 140 valence electrons. The van der Waals surface area contributed by atoms with Gasteiger partial charge >= 0.3 is 0 Å². The Morgan fingerprint density at radius 3 is 2.85 bits per heavy atom. The molecule has 2 aromatic rings. The summed E-state index contributed by atoms with van der Waals surface area (Å²) in [6.45, 7) is 2.06. The first kappa shape index (κ1) is 19.0. The third kappa shape index (κ3) is 5.11. The van der Waals surface area contributed by atoms with Crippen molar-refractivity contribution in [3.05, 3.63) is 28.8 Å². The Morgan fingerprint density at radius 2 is 2.08 bits per heavy atom. The number of ketones is 1. The zero-order chi connectivity index (χ0) is 18.5. The average Bonchev–Trinajstić information content (AvgIpc) is 3.01. The number of nitrogens with two attached hydrogens (primary N) is 1. The molecule has 1 amide bonds. The first-order chi connectivity index (χ1) is 12.5. The number of amides is 1. The fraction of sp³-hybridized carbons (Fsp3) is 0.550. The minimum absolute atomic E-state index is 0.0200. The summed E-state index contributed by atoms with van der Waals surface area (Å²) < 4.78 is 1.09. The lowest BCUT2D eigenvalue weighted by atomic mass is 9.85. The number of nitrogens with one attached hydrogen (secondary N) is 1. The number of benzene rings is 1. The van der Waals surface area contributed by atoms with E-state index in [4.69, 9.17) is 5.73 Å². The van der Waals surface area contributed by atoms with Gasteiger partial charge in [0.15, 0.2) is 5.78 Å². The second-order valence-electron chi connectivity index (χ2n) is 7.36. The van der Waals surface area contributed by atoms with Crippen LogP contribution in [0.15, 0.2) is 18.2 Å². The van der Waals surface area contributed by atoms with Crippen LogP contribution in [0.2, 0.25) is 0 Å².